The maximum Gasteiger partial charge on any atom is 0.337 e. The van der Waals surface area contributed by atoms with Gasteiger partial charge in [0, 0.05) is 5.92 Å². The molecule has 19 heavy (non-hydrogen) atoms. The number of benzene rings is 1. The highest BCUT2D eigenvalue weighted by molar-refractivity contribution is 7.80. The maximum atomic E-state index is 11.4. The summed E-state index contributed by atoms with van der Waals surface area (Å²) in [5, 5.41) is 0. The summed E-state index contributed by atoms with van der Waals surface area (Å²) in [7, 11) is 1.37. The highest BCUT2D eigenvalue weighted by atomic mass is 32.1. The lowest BCUT2D eigenvalue weighted by Gasteiger charge is -2.29. The van der Waals surface area contributed by atoms with Crippen molar-refractivity contribution in [1.82, 2.24) is 0 Å². The largest absolute Gasteiger partial charge is 0.493 e. The molecule has 1 atom stereocenters. The van der Waals surface area contributed by atoms with E-state index in [2.05, 4.69) is 38.1 Å². The molecule has 0 aliphatic carbocycles. The van der Waals surface area contributed by atoms with Gasteiger partial charge in [-0.3, -0.25) is 0 Å². The monoisotopic (exact) mass is 282 g/mol. The second-order valence-electron chi connectivity index (χ2n) is 5.58. The van der Waals surface area contributed by atoms with Gasteiger partial charge in [0.25, 0.3) is 0 Å². The molecule has 3 nitrogen and oxygen atoms in total. The standard InChI is InChI=1S/C15H22O3S/c1-15(2,3)12(10-19)9-18-13-7-5-6-11(8-13)14(16)17-4/h5-8,12,19H,9-10H2,1-4H3. The Morgan fingerprint density at radius 3 is 2.58 bits per heavy atom. The van der Waals surface area contributed by atoms with E-state index in [1.54, 1.807) is 18.2 Å². The van der Waals surface area contributed by atoms with Gasteiger partial charge in [0.1, 0.15) is 5.75 Å². The smallest absolute Gasteiger partial charge is 0.337 e. The SMILES string of the molecule is COC(=O)c1cccc(OCC(CS)C(C)(C)C)c1. The van der Waals surface area contributed by atoms with Crippen molar-refractivity contribution >= 4 is 18.6 Å². The highest BCUT2D eigenvalue weighted by Crippen LogP contribution is 2.27. The molecule has 0 saturated heterocycles. The van der Waals surface area contributed by atoms with Gasteiger partial charge in [-0.15, -0.1) is 0 Å². The molecule has 1 unspecified atom stereocenters. The Bertz CT molecular complexity index is 424. The van der Waals surface area contributed by atoms with Crippen LogP contribution >= 0.6 is 12.6 Å². The quantitative estimate of drug-likeness (QED) is 0.664. The molecule has 1 rings (SSSR count). The third-order valence-corrected chi connectivity index (χ3v) is 3.59. The summed E-state index contributed by atoms with van der Waals surface area (Å²) in [5.41, 5.74) is 0.639. The Morgan fingerprint density at radius 1 is 1.37 bits per heavy atom. The third kappa shape index (κ3) is 4.78. The summed E-state index contributed by atoms with van der Waals surface area (Å²) in [6, 6.07) is 7.03. The zero-order valence-electron chi connectivity index (χ0n) is 12.0. The molecule has 0 bridgehead atoms. The van der Waals surface area contributed by atoms with Crippen LogP contribution in [0.25, 0.3) is 0 Å². The first-order chi connectivity index (χ1) is 8.88. The zero-order chi connectivity index (χ0) is 14.5. The van der Waals surface area contributed by atoms with Crippen LogP contribution in [0.2, 0.25) is 0 Å². The molecule has 0 N–H and O–H groups in total. The lowest BCUT2D eigenvalue weighted by atomic mass is 9.82. The number of hydrogen-bond donors (Lipinski definition) is 1. The molecule has 1 aromatic carbocycles. The molecule has 106 valence electrons. The van der Waals surface area contributed by atoms with Crippen LogP contribution in [0.5, 0.6) is 5.75 Å². The van der Waals surface area contributed by atoms with E-state index in [4.69, 9.17) is 4.74 Å². The van der Waals surface area contributed by atoms with E-state index >= 15 is 0 Å². The molecule has 0 fully saturated rings. The Kier molecular flexibility index (Phi) is 5.73. The van der Waals surface area contributed by atoms with E-state index in [1.807, 2.05) is 6.07 Å². The van der Waals surface area contributed by atoms with Gasteiger partial charge in [-0.05, 0) is 29.4 Å². The molecular formula is C15H22O3S. The van der Waals surface area contributed by atoms with Gasteiger partial charge in [0.15, 0.2) is 0 Å². The summed E-state index contributed by atoms with van der Waals surface area (Å²) >= 11 is 4.37. The summed E-state index contributed by atoms with van der Waals surface area (Å²) in [5.74, 6) is 1.43. The number of methoxy groups -OCH3 is 1. The molecule has 4 heteroatoms. The number of hydrogen-bond acceptors (Lipinski definition) is 4. The summed E-state index contributed by atoms with van der Waals surface area (Å²) in [6.07, 6.45) is 0. The normalized spacial score (nSPS) is 12.9. The van der Waals surface area contributed by atoms with E-state index in [1.165, 1.54) is 7.11 Å². The van der Waals surface area contributed by atoms with Crippen molar-refractivity contribution in [2.24, 2.45) is 11.3 Å². The minimum absolute atomic E-state index is 0.141. The van der Waals surface area contributed by atoms with Crippen molar-refractivity contribution in [3.8, 4) is 5.75 Å². The lowest BCUT2D eigenvalue weighted by molar-refractivity contribution is 0.0600. The number of thiol groups is 1. The minimum Gasteiger partial charge on any atom is -0.493 e. The molecule has 0 heterocycles. The molecule has 1 aromatic rings. The Balaban J connectivity index is 2.70. The highest BCUT2D eigenvalue weighted by Gasteiger charge is 2.24. The number of rotatable bonds is 5. The lowest BCUT2D eigenvalue weighted by Crippen LogP contribution is -2.28. The van der Waals surface area contributed by atoms with Crippen LogP contribution in [0, 0.1) is 11.3 Å². The van der Waals surface area contributed by atoms with Crippen LogP contribution in [0.1, 0.15) is 31.1 Å². The van der Waals surface area contributed by atoms with Gasteiger partial charge in [0.2, 0.25) is 0 Å². The number of ether oxygens (including phenoxy) is 2. The predicted octanol–water partition coefficient (Wildman–Crippen LogP) is 3.44. The fourth-order valence-electron chi connectivity index (χ4n) is 1.60. The number of carbonyl (C=O) groups excluding carboxylic acids is 1. The zero-order valence-corrected chi connectivity index (χ0v) is 12.9. The minimum atomic E-state index is -0.355. The van der Waals surface area contributed by atoms with E-state index in [0.29, 0.717) is 23.8 Å². The Morgan fingerprint density at radius 2 is 2.05 bits per heavy atom. The molecule has 0 amide bonds. The van der Waals surface area contributed by atoms with Gasteiger partial charge >= 0.3 is 5.97 Å². The first kappa shape index (κ1) is 15.9. The van der Waals surface area contributed by atoms with Crippen molar-refractivity contribution in [2.75, 3.05) is 19.5 Å². The molecule has 0 spiro atoms. The second-order valence-corrected chi connectivity index (χ2v) is 5.94. The predicted molar refractivity (Wildman–Crippen MR) is 80.1 cm³/mol. The van der Waals surface area contributed by atoms with Crippen molar-refractivity contribution < 1.29 is 14.3 Å². The van der Waals surface area contributed by atoms with E-state index < -0.39 is 0 Å². The summed E-state index contributed by atoms with van der Waals surface area (Å²) in [4.78, 5) is 11.4. The van der Waals surface area contributed by atoms with Crippen LogP contribution in [0.4, 0.5) is 0 Å². The molecule has 0 aliphatic heterocycles. The van der Waals surface area contributed by atoms with Gasteiger partial charge in [-0.1, -0.05) is 26.8 Å². The molecule has 0 saturated carbocycles. The van der Waals surface area contributed by atoms with Crippen molar-refractivity contribution in [1.29, 1.82) is 0 Å². The number of esters is 1. The first-order valence-corrected chi connectivity index (χ1v) is 6.93. The maximum absolute atomic E-state index is 11.4. The Labute approximate surface area is 120 Å². The van der Waals surface area contributed by atoms with Gasteiger partial charge in [0.05, 0.1) is 19.3 Å². The molecule has 0 aromatic heterocycles. The van der Waals surface area contributed by atoms with E-state index in [-0.39, 0.29) is 11.4 Å². The summed E-state index contributed by atoms with van der Waals surface area (Å²) < 4.78 is 10.4. The first-order valence-electron chi connectivity index (χ1n) is 6.30. The second kappa shape index (κ2) is 6.85. The average molecular weight is 282 g/mol. The third-order valence-electron chi connectivity index (χ3n) is 3.15. The van der Waals surface area contributed by atoms with Gasteiger partial charge in [-0.2, -0.15) is 12.6 Å². The van der Waals surface area contributed by atoms with Crippen LogP contribution in [0.3, 0.4) is 0 Å². The topological polar surface area (TPSA) is 35.5 Å². The van der Waals surface area contributed by atoms with E-state index in [9.17, 15) is 4.79 Å². The fourth-order valence-corrected chi connectivity index (χ4v) is 2.26. The molecule has 0 aliphatic rings. The molecular weight excluding hydrogens is 260 g/mol. The van der Waals surface area contributed by atoms with Crippen molar-refractivity contribution in [2.45, 2.75) is 20.8 Å². The van der Waals surface area contributed by atoms with Crippen LogP contribution in [-0.4, -0.2) is 25.4 Å². The van der Waals surface area contributed by atoms with Gasteiger partial charge < -0.3 is 9.47 Å². The van der Waals surface area contributed by atoms with Gasteiger partial charge in [-0.25, -0.2) is 4.79 Å². The van der Waals surface area contributed by atoms with Crippen LogP contribution in [-0.2, 0) is 4.74 Å². The van der Waals surface area contributed by atoms with Crippen molar-refractivity contribution in [3.05, 3.63) is 29.8 Å². The fraction of sp³-hybridized carbons (Fsp3) is 0.533. The van der Waals surface area contributed by atoms with Crippen molar-refractivity contribution in [3.63, 3.8) is 0 Å². The van der Waals surface area contributed by atoms with Crippen LogP contribution < -0.4 is 4.74 Å². The van der Waals surface area contributed by atoms with Crippen LogP contribution in [0.15, 0.2) is 24.3 Å². The van der Waals surface area contributed by atoms with E-state index in [0.717, 1.165) is 5.75 Å². The number of carbonyl (C=O) groups is 1. The average Bonchev–Trinajstić information content (AvgIpc) is 2.37. The molecule has 0 radical (unpaired) electrons. The Hall–Kier alpha value is -1.16. The summed E-state index contributed by atoms with van der Waals surface area (Å²) in [6.45, 7) is 7.09.